The highest BCUT2D eigenvalue weighted by Crippen LogP contribution is 2.37. The van der Waals surface area contributed by atoms with E-state index >= 15 is 0 Å². The molecule has 2 aromatic heterocycles. The second-order valence-electron chi connectivity index (χ2n) is 6.99. The molecule has 1 N–H and O–H groups in total. The van der Waals surface area contributed by atoms with Crippen molar-refractivity contribution >= 4 is 33.2 Å². The first-order chi connectivity index (χ1) is 13.6. The van der Waals surface area contributed by atoms with Crippen molar-refractivity contribution in [2.45, 2.75) is 19.9 Å². The third-order valence-corrected chi connectivity index (χ3v) is 6.15. The minimum Gasteiger partial charge on any atom is -0.508 e. The van der Waals surface area contributed by atoms with Gasteiger partial charge in [0, 0.05) is 17.0 Å². The van der Waals surface area contributed by atoms with Crippen molar-refractivity contribution in [3.8, 4) is 16.9 Å². The van der Waals surface area contributed by atoms with E-state index in [0.717, 1.165) is 49.6 Å². The van der Waals surface area contributed by atoms with Gasteiger partial charge in [-0.1, -0.05) is 42.5 Å². The second kappa shape index (κ2) is 6.46. The SMILES string of the molecule is Cc1sc2nc3n(c(=O)c2c1-c1ccccc1)CC/C3=C/c1cccc(O)c1. The van der Waals surface area contributed by atoms with Crippen molar-refractivity contribution < 1.29 is 5.11 Å². The number of thiophene rings is 1. The number of aromatic nitrogens is 2. The first-order valence-electron chi connectivity index (χ1n) is 9.21. The van der Waals surface area contributed by atoms with Gasteiger partial charge in [0.05, 0.1) is 5.39 Å². The van der Waals surface area contributed by atoms with Crippen molar-refractivity contribution in [2.24, 2.45) is 0 Å². The van der Waals surface area contributed by atoms with Crippen LogP contribution in [0.25, 0.3) is 33.0 Å². The van der Waals surface area contributed by atoms with Crippen LogP contribution in [0.4, 0.5) is 0 Å². The maximum absolute atomic E-state index is 13.3. The minimum atomic E-state index is 0.0301. The molecule has 0 saturated heterocycles. The summed E-state index contributed by atoms with van der Waals surface area (Å²) in [5.41, 5.74) is 4.02. The van der Waals surface area contributed by atoms with Gasteiger partial charge in [0.1, 0.15) is 16.4 Å². The molecule has 5 heteroatoms. The van der Waals surface area contributed by atoms with Crippen LogP contribution >= 0.6 is 11.3 Å². The number of fused-ring (bicyclic) bond motifs is 2. The monoisotopic (exact) mass is 386 g/mol. The van der Waals surface area contributed by atoms with Gasteiger partial charge in [-0.15, -0.1) is 11.3 Å². The summed E-state index contributed by atoms with van der Waals surface area (Å²) >= 11 is 1.57. The van der Waals surface area contributed by atoms with Crippen molar-refractivity contribution in [1.29, 1.82) is 0 Å². The van der Waals surface area contributed by atoms with Gasteiger partial charge < -0.3 is 5.11 Å². The number of aromatic hydroxyl groups is 1. The zero-order chi connectivity index (χ0) is 19.3. The molecule has 1 aliphatic heterocycles. The fourth-order valence-corrected chi connectivity index (χ4v) is 4.93. The number of phenols is 1. The van der Waals surface area contributed by atoms with Gasteiger partial charge in [0.2, 0.25) is 0 Å². The standard InChI is InChI=1S/C23H18N2O2S/c1-14-19(16-7-3-2-4-8-16)20-22(28-14)24-21-17(10-11-25(21)23(20)27)12-15-6-5-9-18(26)13-15/h2-9,12-13,26H,10-11H2,1H3/b17-12-. The summed E-state index contributed by atoms with van der Waals surface area (Å²) in [4.78, 5) is 20.1. The lowest BCUT2D eigenvalue weighted by atomic mass is 10.0. The number of benzene rings is 2. The number of nitrogens with zero attached hydrogens (tertiary/aromatic N) is 2. The normalized spacial score (nSPS) is 14.7. The van der Waals surface area contributed by atoms with Crippen molar-refractivity contribution in [1.82, 2.24) is 9.55 Å². The van der Waals surface area contributed by atoms with E-state index in [9.17, 15) is 9.90 Å². The minimum absolute atomic E-state index is 0.0301. The van der Waals surface area contributed by atoms with Crippen molar-refractivity contribution in [2.75, 3.05) is 0 Å². The molecule has 0 amide bonds. The summed E-state index contributed by atoms with van der Waals surface area (Å²) in [7, 11) is 0. The molecule has 28 heavy (non-hydrogen) atoms. The van der Waals surface area contributed by atoms with Gasteiger partial charge in [-0.3, -0.25) is 9.36 Å². The molecule has 0 fully saturated rings. The highest BCUT2D eigenvalue weighted by Gasteiger charge is 2.24. The van der Waals surface area contributed by atoms with E-state index < -0.39 is 0 Å². The summed E-state index contributed by atoms with van der Waals surface area (Å²) < 4.78 is 1.79. The molecule has 5 rings (SSSR count). The van der Waals surface area contributed by atoms with Crippen molar-refractivity contribution in [3.05, 3.63) is 81.2 Å². The molecule has 3 heterocycles. The fraction of sp³-hybridized carbons (Fsp3) is 0.130. The van der Waals surface area contributed by atoms with Crippen LogP contribution in [0.15, 0.2) is 59.4 Å². The molecule has 4 aromatic rings. The van der Waals surface area contributed by atoms with Crippen LogP contribution in [-0.2, 0) is 6.54 Å². The Morgan fingerprint density at radius 3 is 2.75 bits per heavy atom. The van der Waals surface area contributed by atoms with Crippen LogP contribution in [-0.4, -0.2) is 14.7 Å². The predicted octanol–water partition coefficient (Wildman–Crippen LogP) is 5.08. The summed E-state index contributed by atoms with van der Waals surface area (Å²) in [5, 5.41) is 10.4. The van der Waals surface area contributed by atoms with Gasteiger partial charge in [0.25, 0.3) is 5.56 Å². The van der Waals surface area contributed by atoms with E-state index in [1.165, 1.54) is 0 Å². The van der Waals surface area contributed by atoms with Gasteiger partial charge in [-0.25, -0.2) is 4.98 Å². The Bertz CT molecular complexity index is 1300. The first kappa shape index (κ1) is 17.0. The quantitative estimate of drug-likeness (QED) is 0.522. The lowest BCUT2D eigenvalue weighted by Gasteiger charge is -2.05. The highest BCUT2D eigenvalue weighted by atomic mass is 32.1. The molecule has 0 saturated carbocycles. The van der Waals surface area contributed by atoms with Gasteiger partial charge in [-0.05, 0) is 48.3 Å². The van der Waals surface area contributed by atoms with Crippen LogP contribution in [0.2, 0.25) is 0 Å². The average Bonchev–Trinajstić information content (AvgIpc) is 3.24. The summed E-state index contributed by atoms with van der Waals surface area (Å²) in [5.74, 6) is 0.969. The third kappa shape index (κ3) is 2.67. The largest absolute Gasteiger partial charge is 0.508 e. The van der Waals surface area contributed by atoms with E-state index in [1.807, 2.05) is 55.5 Å². The van der Waals surface area contributed by atoms with Crippen LogP contribution in [0, 0.1) is 6.92 Å². The molecule has 0 aliphatic carbocycles. The van der Waals surface area contributed by atoms with Crippen LogP contribution in [0.1, 0.15) is 22.7 Å². The molecule has 0 radical (unpaired) electrons. The molecule has 0 atom stereocenters. The highest BCUT2D eigenvalue weighted by molar-refractivity contribution is 7.19. The summed E-state index contributed by atoms with van der Waals surface area (Å²) in [6.45, 7) is 2.68. The average molecular weight is 386 g/mol. The van der Waals surface area contributed by atoms with E-state index in [2.05, 4.69) is 0 Å². The number of allylic oxidation sites excluding steroid dienone is 1. The predicted molar refractivity (Wildman–Crippen MR) is 115 cm³/mol. The first-order valence-corrected chi connectivity index (χ1v) is 10.0. The number of rotatable bonds is 2. The molecular weight excluding hydrogens is 368 g/mol. The Morgan fingerprint density at radius 1 is 1.14 bits per heavy atom. The lowest BCUT2D eigenvalue weighted by molar-refractivity contribution is 0.475. The van der Waals surface area contributed by atoms with Crippen LogP contribution in [0.3, 0.4) is 0 Å². The second-order valence-corrected chi connectivity index (χ2v) is 8.19. The van der Waals surface area contributed by atoms with Crippen molar-refractivity contribution in [3.63, 3.8) is 0 Å². The Kier molecular flexibility index (Phi) is 3.91. The molecule has 4 nitrogen and oxygen atoms in total. The molecular formula is C23H18N2O2S. The van der Waals surface area contributed by atoms with Gasteiger partial charge in [-0.2, -0.15) is 0 Å². The Balaban J connectivity index is 1.71. The third-order valence-electron chi connectivity index (χ3n) is 5.15. The fourth-order valence-electron chi connectivity index (χ4n) is 3.90. The maximum Gasteiger partial charge on any atom is 0.263 e. The Hall–Kier alpha value is -3.18. The number of phenolic OH excluding ortho intramolecular Hbond substituents is 1. The molecule has 1 aliphatic rings. The number of hydrogen-bond acceptors (Lipinski definition) is 4. The van der Waals surface area contributed by atoms with E-state index in [1.54, 1.807) is 28.0 Å². The lowest BCUT2D eigenvalue weighted by Crippen LogP contribution is -2.20. The van der Waals surface area contributed by atoms with Crippen LogP contribution in [0.5, 0.6) is 5.75 Å². The number of aryl methyl sites for hydroxylation is 1. The molecule has 0 spiro atoms. The van der Waals surface area contributed by atoms with Gasteiger partial charge in [0.15, 0.2) is 0 Å². The zero-order valence-electron chi connectivity index (χ0n) is 15.3. The summed E-state index contributed by atoms with van der Waals surface area (Å²) in [6, 6.07) is 17.2. The van der Waals surface area contributed by atoms with E-state index in [0.29, 0.717) is 6.54 Å². The zero-order valence-corrected chi connectivity index (χ0v) is 16.2. The molecule has 0 bridgehead atoms. The van der Waals surface area contributed by atoms with E-state index in [-0.39, 0.29) is 11.3 Å². The smallest absolute Gasteiger partial charge is 0.263 e. The molecule has 2 aromatic carbocycles. The van der Waals surface area contributed by atoms with E-state index in [4.69, 9.17) is 4.98 Å². The van der Waals surface area contributed by atoms with Gasteiger partial charge >= 0.3 is 0 Å². The Labute approximate surface area is 166 Å². The molecule has 138 valence electrons. The number of hydrogen-bond donors (Lipinski definition) is 1. The molecule has 0 unspecified atom stereocenters. The summed E-state index contributed by atoms with van der Waals surface area (Å²) in [6.07, 6.45) is 2.77. The van der Waals surface area contributed by atoms with Crippen LogP contribution < -0.4 is 5.56 Å². The Morgan fingerprint density at radius 2 is 1.96 bits per heavy atom. The maximum atomic E-state index is 13.3. The topological polar surface area (TPSA) is 55.1 Å².